The first-order valence-corrected chi connectivity index (χ1v) is 6.26. The van der Waals surface area contributed by atoms with Crippen molar-refractivity contribution in [1.29, 1.82) is 5.26 Å². The van der Waals surface area contributed by atoms with Crippen LogP contribution in [-0.2, 0) is 6.18 Å². The summed E-state index contributed by atoms with van der Waals surface area (Å²) < 4.78 is 39.3. The van der Waals surface area contributed by atoms with Gasteiger partial charge in [-0.1, -0.05) is 18.2 Å². The fraction of sp³-hybridized carbons (Fsp3) is 0.200. The van der Waals surface area contributed by atoms with Crippen LogP contribution in [0.1, 0.15) is 12.0 Å². The van der Waals surface area contributed by atoms with Gasteiger partial charge in [0, 0.05) is 18.4 Å². The van der Waals surface area contributed by atoms with Gasteiger partial charge in [-0.05, 0) is 24.3 Å². The predicted molar refractivity (Wildman–Crippen MR) is 72.9 cm³/mol. The number of nitriles is 1. The topological polar surface area (TPSA) is 39.9 Å². The van der Waals surface area contributed by atoms with Crippen LogP contribution in [0.2, 0.25) is 0 Å². The maximum absolute atomic E-state index is 13.1. The lowest BCUT2D eigenvalue weighted by atomic mass is 10.2. The van der Waals surface area contributed by atoms with Crippen molar-refractivity contribution in [3.8, 4) is 6.07 Å². The molecule has 0 fully saturated rings. The monoisotopic (exact) mass is 291 g/mol. The molecule has 2 aromatic rings. The third-order valence-electron chi connectivity index (χ3n) is 2.86. The van der Waals surface area contributed by atoms with E-state index >= 15 is 0 Å². The number of aromatic nitrogens is 1. The van der Waals surface area contributed by atoms with E-state index in [4.69, 9.17) is 5.26 Å². The molecule has 1 aromatic heterocycles. The van der Waals surface area contributed by atoms with E-state index in [9.17, 15) is 13.2 Å². The van der Waals surface area contributed by atoms with Crippen molar-refractivity contribution in [2.24, 2.45) is 0 Å². The molecule has 0 radical (unpaired) electrons. The molecule has 0 unspecified atom stereocenters. The lowest BCUT2D eigenvalue weighted by Gasteiger charge is -2.25. The first-order chi connectivity index (χ1) is 10.0. The summed E-state index contributed by atoms with van der Waals surface area (Å²) in [7, 11) is 0. The van der Waals surface area contributed by atoms with E-state index in [1.165, 1.54) is 17.2 Å². The van der Waals surface area contributed by atoms with E-state index in [1.54, 1.807) is 30.3 Å². The number of rotatable bonds is 4. The summed E-state index contributed by atoms with van der Waals surface area (Å²) in [5, 5.41) is 8.72. The minimum Gasteiger partial charge on any atom is -0.325 e. The maximum atomic E-state index is 13.1. The van der Waals surface area contributed by atoms with E-state index in [2.05, 4.69) is 4.98 Å². The molecule has 2 rings (SSSR count). The Labute approximate surface area is 120 Å². The van der Waals surface area contributed by atoms with Crippen LogP contribution in [0.3, 0.4) is 0 Å². The third-order valence-corrected chi connectivity index (χ3v) is 2.86. The van der Waals surface area contributed by atoms with E-state index < -0.39 is 11.7 Å². The molecule has 0 bridgehead atoms. The Morgan fingerprint density at radius 1 is 1.10 bits per heavy atom. The van der Waals surface area contributed by atoms with Crippen LogP contribution in [0.5, 0.6) is 0 Å². The van der Waals surface area contributed by atoms with Crippen LogP contribution in [0.4, 0.5) is 24.7 Å². The Morgan fingerprint density at radius 2 is 1.81 bits per heavy atom. The second kappa shape index (κ2) is 6.27. The van der Waals surface area contributed by atoms with Crippen molar-refractivity contribution in [3.05, 3.63) is 54.2 Å². The van der Waals surface area contributed by atoms with Crippen LogP contribution in [-0.4, -0.2) is 11.5 Å². The van der Waals surface area contributed by atoms with Crippen LogP contribution in [0.25, 0.3) is 0 Å². The van der Waals surface area contributed by atoms with Gasteiger partial charge in [0.2, 0.25) is 0 Å². The molecule has 1 heterocycles. The van der Waals surface area contributed by atoms with Gasteiger partial charge >= 0.3 is 6.18 Å². The quantitative estimate of drug-likeness (QED) is 0.849. The van der Waals surface area contributed by atoms with E-state index in [1.807, 2.05) is 6.07 Å². The first-order valence-electron chi connectivity index (χ1n) is 6.26. The van der Waals surface area contributed by atoms with E-state index in [-0.39, 0.29) is 18.8 Å². The number of hydrogen-bond donors (Lipinski definition) is 0. The Balaban J connectivity index is 2.50. The molecule has 3 nitrogen and oxygen atoms in total. The number of anilines is 2. The standard InChI is InChI=1S/C15H12F3N3/c16-15(17,18)13-8-4-10-20-14(13)21(11-5-9-19)12-6-2-1-3-7-12/h1-4,6-8,10H,5,11H2. The lowest BCUT2D eigenvalue weighted by Crippen LogP contribution is -2.23. The second-order valence-corrected chi connectivity index (χ2v) is 4.27. The van der Waals surface area contributed by atoms with Gasteiger partial charge in [-0.3, -0.25) is 0 Å². The van der Waals surface area contributed by atoms with Gasteiger partial charge in [0.25, 0.3) is 0 Å². The summed E-state index contributed by atoms with van der Waals surface area (Å²) >= 11 is 0. The normalized spacial score (nSPS) is 11.0. The van der Waals surface area contributed by atoms with Gasteiger partial charge in [0.05, 0.1) is 18.1 Å². The molecule has 108 valence electrons. The van der Waals surface area contributed by atoms with Crippen molar-refractivity contribution in [3.63, 3.8) is 0 Å². The first kappa shape index (κ1) is 14.9. The Kier molecular flexibility index (Phi) is 4.43. The molecule has 0 N–H and O–H groups in total. The van der Waals surface area contributed by atoms with E-state index in [0.717, 1.165) is 6.07 Å². The largest absolute Gasteiger partial charge is 0.419 e. The van der Waals surface area contributed by atoms with Crippen LogP contribution >= 0.6 is 0 Å². The highest BCUT2D eigenvalue weighted by molar-refractivity contribution is 5.63. The molecular formula is C15H12F3N3. The summed E-state index contributed by atoms with van der Waals surface area (Å²) in [5.41, 5.74) is -0.247. The molecule has 0 saturated carbocycles. The molecule has 6 heteroatoms. The number of alkyl halides is 3. The average molecular weight is 291 g/mol. The van der Waals surface area contributed by atoms with Gasteiger partial charge in [-0.25, -0.2) is 4.98 Å². The summed E-state index contributed by atoms with van der Waals surface area (Å²) in [6.45, 7) is 0.139. The number of para-hydroxylation sites is 1. The molecule has 21 heavy (non-hydrogen) atoms. The zero-order chi connectivity index (χ0) is 15.3. The molecule has 0 atom stereocenters. The lowest BCUT2D eigenvalue weighted by molar-refractivity contribution is -0.137. The zero-order valence-corrected chi connectivity index (χ0v) is 11.0. The number of nitrogens with zero attached hydrogens (tertiary/aromatic N) is 3. The second-order valence-electron chi connectivity index (χ2n) is 4.27. The molecule has 0 aliphatic heterocycles. The minimum absolute atomic E-state index is 0.1000. The Bertz CT molecular complexity index is 633. The average Bonchev–Trinajstić information content (AvgIpc) is 2.48. The molecule has 0 aliphatic carbocycles. The van der Waals surface area contributed by atoms with E-state index in [0.29, 0.717) is 5.69 Å². The van der Waals surface area contributed by atoms with Crippen molar-refractivity contribution in [2.75, 3.05) is 11.4 Å². The van der Waals surface area contributed by atoms with Crippen LogP contribution in [0.15, 0.2) is 48.7 Å². The number of pyridine rings is 1. The predicted octanol–water partition coefficient (Wildman–Crippen LogP) is 4.15. The summed E-state index contributed by atoms with van der Waals surface area (Å²) in [4.78, 5) is 5.28. The highest BCUT2D eigenvalue weighted by atomic mass is 19.4. The van der Waals surface area contributed by atoms with Gasteiger partial charge < -0.3 is 4.90 Å². The Morgan fingerprint density at radius 3 is 2.43 bits per heavy atom. The van der Waals surface area contributed by atoms with Crippen molar-refractivity contribution in [1.82, 2.24) is 4.98 Å². The number of halogens is 3. The highest BCUT2D eigenvalue weighted by Crippen LogP contribution is 2.37. The molecule has 0 spiro atoms. The fourth-order valence-electron chi connectivity index (χ4n) is 1.96. The summed E-state index contributed by atoms with van der Waals surface area (Å²) in [5.74, 6) is -0.188. The summed E-state index contributed by atoms with van der Waals surface area (Å²) in [6.07, 6.45) is -3.08. The third kappa shape index (κ3) is 3.51. The zero-order valence-electron chi connectivity index (χ0n) is 11.0. The number of hydrogen-bond acceptors (Lipinski definition) is 3. The minimum atomic E-state index is -4.50. The summed E-state index contributed by atoms with van der Waals surface area (Å²) in [6, 6.07) is 12.8. The van der Waals surface area contributed by atoms with Crippen molar-refractivity contribution < 1.29 is 13.2 Å². The Hall–Kier alpha value is -2.55. The smallest absolute Gasteiger partial charge is 0.325 e. The van der Waals surface area contributed by atoms with Crippen molar-refractivity contribution in [2.45, 2.75) is 12.6 Å². The molecule has 0 saturated heterocycles. The van der Waals surface area contributed by atoms with Gasteiger partial charge in [-0.15, -0.1) is 0 Å². The fourth-order valence-corrected chi connectivity index (χ4v) is 1.96. The SMILES string of the molecule is N#CCCN(c1ccccc1)c1ncccc1C(F)(F)F. The molecule has 0 amide bonds. The van der Waals surface area contributed by atoms with Crippen LogP contribution in [0, 0.1) is 11.3 Å². The van der Waals surface area contributed by atoms with Crippen LogP contribution < -0.4 is 4.90 Å². The maximum Gasteiger partial charge on any atom is 0.419 e. The van der Waals surface area contributed by atoms with Gasteiger partial charge in [0.1, 0.15) is 5.82 Å². The van der Waals surface area contributed by atoms with Crippen molar-refractivity contribution >= 4 is 11.5 Å². The van der Waals surface area contributed by atoms with Gasteiger partial charge in [0.15, 0.2) is 0 Å². The highest BCUT2D eigenvalue weighted by Gasteiger charge is 2.35. The number of benzene rings is 1. The molecule has 1 aromatic carbocycles. The molecular weight excluding hydrogens is 279 g/mol. The van der Waals surface area contributed by atoms with Gasteiger partial charge in [-0.2, -0.15) is 18.4 Å². The molecule has 0 aliphatic rings.